The first kappa shape index (κ1) is 24.5. The molecule has 0 bridgehead atoms. The van der Waals surface area contributed by atoms with Crippen LogP contribution in [0.3, 0.4) is 0 Å². The van der Waals surface area contributed by atoms with E-state index in [2.05, 4.69) is 6.07 Å². The van der Waals surface area contributed by atoms with Gasteiger partial charge in [0.1, 0.15) is 34.5 Å². The minimum atomic E-state index is -0.566. The van der Waals surface area contributed by atoms with E-state index >= 15 is 0 Å². The summed E-state index contributed by atoms with van der Waals surface area (Å²) in [6.07, 6.45) is 0. The van der Waals surface area contributed by atoms with Crippen molar-refractivity contribution >= 4 is 5.97 Å². The Hall–Kier alpha value is -4.64. The van der Waals surface area contributed by atoms with Gasteiger partial charge < -0.3 is 29.4 Å². The van der Waals surface area contributed by atoms with Gasteiger partial charge in [-0.3, -0.25) is 0 Å². The zero-order valence-electron chi connectivity index (χ0n) is 20.2. The summed E-state index contributed by atoms with van der Waals surface area (Å²) in [4.78, 5) is 12.8. The number of para-hydroxylation sites is 1. The van der Waals surface area contributed by atoms with E-state index < -0.39 is 11.9 Å². The molecule has 4 rings (SSSR count). The number of ether oxygens (including phenoxy) is 5. The molecular formula is C28H26N2O6. The molecule has 0 fully saturated rings. The van der Waals surface area contributed by atoms with Crippen LogP contribution in [0.15, 0.2) is 72.1 Å². The molecule has 1 heterocycles. The maximum absolute atomic E-state index is 12.8. The number of benzene rings is 3. The van der Waals surface area contributed by atoms with Crippen LogP contribution in [0.5, 0.6) is 28.7 Å². The monoisotopic (exact) mass is 486 g/mol. The molecule has 1 aliphatic rings. The number of carbonyl (C=O) groups is 1. The number of methoxy groups -OCH3 is 1. The molecular weight excluding hydrogens is 460 g/mol. The first-order valence-corrected chi connectivity index (χ1v) is 11.5. The van der Waals surface area contributed by atoms with E-state index in [0.29, 0.717) is 47.3 Å². The highest BCUT2D eigenvalue weighted by atomic mass is 16.5. The topological polar surface area (TPSA) is 113 Å². The molecule has 2 N–H and O–H groups in total. The standard InChI is InChI=1S/C28H26N2O6/c1-4-33-22-9-7-6-8-20(22)28(31)35-18-11-12-19-24(15-18)36-27(30)21(16-29)26(19)17-10-13-23(34-5-2)25(14-17)32-3/h6-15,26H,4-5,30H2,1-3H3. The fourth-order valence-corrected chi connectivity index (χ4v) is 4.06. The molecule has 36 heavy (non-hydrogen) atoms. The van der Waals surface area contributed by atoms with Crippen molar-refractivity contribution in [2.45, 2.75) is 19.8 Å². The summed E-state index contributed by atoms with van der Waals surface area (Å²) in [5.41, 5.74) is 8.18. The van der Waals surface area contributed by atoms with Crippen molar-refractivity contribution in [2.24, 2.45) is 5.73 Å². The van der Waals surface area contributed by atoms with Crippen molar-refractivity contribution in [3.05, 3.63) is 88.8 Å². The van der Waals surface area contributed by atoms with Gasteiger partial charge in [-0.15, -0.1) is 0 Å². The SMILES string of the molecule is CCOc1ccc(C2C(C#N)=C(N)Oc3cc(OC(=O)c4ccccc4OCC)ccc32)cc1OC. The summed E-state index contributed by atoms with van der Waals surface area (Å²) in [5, 5.41) is 9.85. The molecule has 0 radical (unpaired) electrons. The van der Waals surface area contributed by atoms with E-state index in [1.165, 1.54) is 0 Å². The third-order valence-electron chi connectivity index (χ3n) is 5.63. The van der Waals surface area contributed by atoms with Crippen LogP contribution in [0, 0.1) is 11.3 Å². The van der Waals surface area contributed by atoms with Crippen molar-refractivity contribution in [3.63, 3.8) is 0 Å². The van der Waals surface area contributed by atoms with Crippen LogP contribution >= 0.6 is 0 Å². The molecule has 3 aromatic rings. The molecule has 8 nitrogen and oxygen atoms in total. The highest BCUT2D eigenvalue weighted by Crippen LogP contribution is 2.45. The lowest BCUT2D eigenvalue weighted by molar-refractivity contribution is 0.0730. The van der Waals surface area contributed by atoms with Gasteiger partial charge in [-0.25, -0.2) is 4.79 Å². The maximum Gasteiger partial charge on any atom is 0.347 e. The first-order chi connectivity index (χ1) is 17.5. The predicted octanol–water partition coefficient (Wildman–Crippen LogP) is 4.93. The largest absolute Gasteiger partial charge is 0.493 e. The molecule has 1 atom stereocenters. The van der Waals surface area contributed by atoms with Gasteiger partial charge in [0.25, 0.3) is 0 Å². The fraction of sp³-hybridized carbons (Fsp3) is 0.214. The quantitative estimate of drug-likeness (QED) is 0.352. The second-order valence-corrected chi connectivity index (χ2v) is 7.79. The van der Waals surface area contributed by atoms with Crippen molar-refractivity contribution in [1.29, 1.82) is 5.26 Å². The molecule has 0 aromatic heterocycles. The smallest absolute Gasteiger partial charge is 0.347 e. The number of hydrogen-bond acceptors (Lipinski definition) is 8. The number of nitrogens with two attached hydrogens (primary N) is 1. The molecule has 0 saturated carbocycles. The van der Waals surface area contributed by atoms with Crippen LogP contribution in [0.2, 0.25) is 0 Å². The number of allylic oxidation sites excluding steroid dienone is 1. The molecule has 0 amide bonds. The zero-order valence-corrected chi connectivity index (χ0v) is 20.2. The number of hydrogen-bond donors (Lipinski definition) is 1. The van der Waals surface area contributed by atoms with Gasteiger partial charge in [0.15, 0.2) is 11.5 Å². The minimum Gasteiger partial charge on any atom is -0.493 e. The van der Waals surface area contributed by atoms with Gasteiger partial charge >= 0.3 is 5.97 Å². The summed E-state index contributed by atoms with van der Waals surface area (Å²) in [5.74, 6) is 1.13. The minimum absolute atomic E-state index is 0.0204. The average molecular weight is 487 g/mol. The number of carbonyl (C=O) groups excluding carboxylic acids is 1. The van der Waals surface area contributed by atoms with Gasteiger partial charge in [0, 0.05) is 11.6 Å². The molecule has 3 aromatic carbocycles. The van der Waals surface area contributed by atoms with E-state index in [-0.39, 0.29) is 17.2 Å². The summed E-state index contributed by atoms with van der Waals surface area (Å²) in [6.45, 7) is 4.63. The average Bonchev–Trinajstić information content (AvgIpc) is 2.88. The molecule has 184 valence electrons. The first-order valence-electron chi connectivity index (χ1n) is 11.5. The van der Waals surface area contributed by atoms with Crippen molar-refractivity contribution < 1.29 is 28.5 Å². The Labute approximate surface area is 209 Å². The Morgan fingerprint density at radius 2 is 1.75 bits per heavy atom. The Morgan fingerprint density at radius 3 is 2.47 bits per heavy atom. The van der Waals surface area contributed by atoms with Crippen LogP contribution in [0.25, 0.3) is 0 Å². The Bertz CT molecular complexity index is 1360. The molecule has 0 saturated heterocycles. The van der Waals surface area contributed by atoms with E-state index in [4.69, 9.17) is 29.4 Å². The van der Waals surface area contributed by atoms with Crippen LogP contribution in [0.1, 0.15) is 41.3 Å². The van der Waals surface area contributed by atoms with Gasteiger partial charge in [0.2, 0.25) is 5.88 Å². The Morgan fingerprint density at radius 1 is 1.00 bits per heavy atom. The van der Waals surface area contributed by atoms with Crippen LogP contribution in [0.4, 0.5) is 0 Å². The number of rotatable bonds is 8. The predicted molar refractivity (Wildman–Crippen MR) is 132 cm³/mol. The fourth-order valence-electron chi connectivity index (χ4n) is 4.06. The van der Waals surface area contributed by atoms with E-state index in [9.17, 15) is 10.1 Å². The number of esters is 1. The molecule has 1 unspecified atom stereocenters. The van der Waals surface area contributed by atoms with Crippen molar-refractivity contribution in [2.75, 3.05) is 20.3 Å². The Balaban J connectivity index is 1.69. The molecule has 1 aliphatic heterocycles. The van der Waals surface area contributed by atoms with Gasteiger partial charge in [0.05, 0.1) is 26.2 Å². The van der Waals surface area contributed by atoms with E-state index in [1.54, 1.807) is 55.6 Å². The van der Waals surface area contributed by atoms with Crippen LogP contribution < -0.4 is 29.4 Å². The van der Waals surface area contributed by atoms with Crippen LogP contribution in [-0.4, -0.2) is 26.3 Å². The lowest BCUT2D eigenvalue weighted by atomic mass is 9.83. The van der Waals surface area contributed by atoms with Gasteiger partial charge in [-0.05, 0) is 49.7 Å². The lowest BCUT2D eigenvalue weighted by Gasteiger charge is -2.27. The third-order valence-corrected chi connectivity index (χ3v) is 5.63. The number of nitriles is 1. The summed E-state index contributed by atoms with van der Waals surface area (Å²) >= 11 is 0. The van der Waals surface area contributed by atoms with E-state index in [0.717, 1.165) is 5.56 Å². The zero-order chi connectivity index (χ0) is 25.7. The third kappa shape index (κ3) is 4.77. The second-order valence-electron chi connectivity index (χ2n) is 7.79. The molecule has 0 aliphatic carbocycles. The maximum atomic E-state index is 12.8. The highest BCUT2D eigenvalue weighted by Gasteiger charge is 2.32. The number of nitrogens with zero attached hydrogens (tertiary/aromatic N) is 1. The van der Waals surface area contributed by atoms with Crippen LogP contribution in [-0.2, 0) is 0 Å². The molecule has 8 heteroatoms. The second kappa shape index (κ2) is 10.7. The Kier molecular flexibility index (Phi) is 7.31. The summed E-state index contributed by atoms with van der Waals surface area (Å²) < 4.78 is 28.0. The molecule has 0 spiro atoms. The van der Waals surface area contributed by atoms with Gasteiger partial charge in [-0.2, -0.15) is 5.26 Å². The summed E-state index contributed by atoms with van der Waals surface area (Å²) in [7, 11) is 1.55. The number of fused-ring (bicyclic) bond motifs is 1. The summed E-state index contributed by atoms with van der Waals surface area (Å²) in [6, 6.07) is 19.5. The van der Waals surface area contributed by atoms with E-state index in [1.807, 2.05) is 26.0 Å². The highest BCUT2D eigenvalue weighted by molar-refractivity contribution is 5.94. The van der Waals surface area contributed by atoms with Gasteiger partial charge in [-0.1, -0.05) is 24.3 Å². The lowest BCUT2D eigenvalue weighted by Crippen LogP contribution is -2.21. The van der Waals surface area contributed by atoms with Crippen molar-refractivity contribution in [1.82, 2.24) is 0 Å². The van der Waals surface area contributed by atoms with Crippen molar-refractivity contribution in [3.8, 4) is 34.8 Å². The normalized spacial score (nSPS) is 14.2.